The molecule has 1 aliphatic heterocycles. The van der Waals surface area contributed by atoms with Crippen molar-refractivity contribution in [1.29, 1.82) is 0 Å². The highest BCUT2D eigenvalue weighted by Gasteiger charge is 2.38. The molecule has 0 spiro atoms. The lowest BCUT2D eigenvalue weighted by Gasteiger charge is -2.20. The van der Waals surface area contributed by atoms with E-state index < -0.39 is 5.54 Å². The number of hydrogen-bond acceptors (Lipinski definition) is 4. The lowest BCUT2D eigenvalue weighted by molar-refractivity contribution is -0.126. The Hall–Kier alpha value is -1.40. The van der Waals surface area contributed by atoms with Crippen LogP contribution in [0.5, 0.6) is 0 Å². The van der Waals surface area contributed by atoms with E-state index in [-0.39, 0.29) is 5.91 Å². The molecular formula is C11H18N4O2. The third-order valence-electron chi connectivity index (χ3n) is 3.06. The number of nitrogens with zero attached hydrogens (tertiary/aromatic N) is 2. The number of nitrogens with one attached hydrogen (secondary N) is 1. The predicted molar refractivity (Wildman–Crippen MR) is 62.1 cm³/mol. The molecule has 1 fully saturated rings. The highest BCUT2D eigenvalue weighted by Crippen LogP contribution is 2.15. The van der Waals surface area contributed by atoms with Crippen molar-refractivity contribution in [1.82, 2.24) is 15.1 Å². The second-order valence-electron chi connectivity index (χ2n) is 4.55. The molecule has 1 aromatic heterocycles. The van der Waals surface area contributed by atoms with Crippen LogP contribution in [0.25, 0.3) is 0 Å². The van der Waals surface area contributed by atoms with Crippen molar-refractivity contribution in [2.45, 2.75) is 25.4 Å². The number of rotatable bonds is 3. The number of aryl methyl sites for hydroxylation is 2. The second-order valence-corrected chi connectivity index (χ2v) is 4.55. The molecule has 1 aromatic rings. The van der Waals surface area contributed by atoms with Crippen LogP contribution in [0, 0.1) is 6.92 Å². The van der Waals surface area contributed by atoms with E-state index in [1.807, 2.05) is 20.2 Å². The van der Waals surface area contributed by atoms with Crippen LogP contribution in [-0.4, -0.2) is 34.4 Å². The van der Waals surface area contributed by atoms with Crippen LogP contribution in [0.2, 0.25) is 0 Å². The van der Waals surface area contributed by atoms with Crippen molar-refractivity contribution in [3.8, 4) is 0 Å². The molecule has 1 amide bonds. The number of amides is 1. The molecule has 0 radical (unpaired) electrons. The van der Waals surface area contributed by atoms with Crippen molar-refractivity contribution in [2.24, 2.45) is 12.8 Å². The molecule has 17 heavy (non-hydrogen) atoms. The zero-order valence-corrected chi connectivity index (χ0v) is 10.2. The standard InChI is InChI=1S/C11H18N4O2/c1-8-9(6-15(2)14-8)5-13-10(16)11(12)3-4-17-7-11/h6H,3-5,7,12H2,1-2H3,(H,13,16). The van der Waals surface area contributed by atoms with Crippen LogP contribution in [0.1, 0.15) is 17.7 Å². The van der Waals surface area contributed by atoms with Gasteiger partial charge in [-0.25, -0.2) is 0 Å². The van der Waals surface area contributed by atoms with Gasteiger partial charge in [-0.15, -0.1) is 0 Å². The first kappa shape index (κ1) is 12.1. The average molecular weight is 238 g/mol. The maximum atomic E-state index is 11.9. The quantitative estimate of drug-likeness (QED) is 0.741. The summed E-state index contributed by atoms with van der Waals surface area (Å²) in [4.78, 5) is 11.9. The number of ether oxygens (including phenoxy) is 1. The Morgan fingerprint density at radius 2 is 2.53 bits per heavy atom. The topological polar surface area (TPSA) is 82.2 Å². The van der Waals surface area contributed by atoms with Crippen molar-refractivity contribution in [2.75, 3.05) is 13.2 Å². The molecule has 1 atom stereocenters. The molecule has 6 nitrogen and oxygen atoms in total. The predicted octanol–water partition coefficient (Wildman–Crippen LogP) is -0.537. The summed E-state index contributed by atoms with van der Waals surface area (Å²) >= 11 is 0. The van der Waals surface area contributed by atoms with E-state index in [4.69, 9.17) is 10.5 Å². The molecule has 2 heterocycles. The molecule has 0 aliphatic carbocycles. The molecule has 2 rings (SSSR count). The normalized spacial score (nSPS) is 23.9. The van der Waals surface area contributed by atoms with Crippen LogP contribution < -0.4 is 11.1 Å². The molecule has 1 aliphatic rings. The zero-order chi connectivity index (χ0) is 12.5. The van der Waals surface area contributed by atoms with E-state index in [0.717, 1.165) is 11.3 Å². The van der Waals surface area contributed by atoms with Gasteiger partial charge in [-0.1, -0.05) is 0 Å². The molecule has 1 unspecified atom stereocenters. The minimum absolute atomic E-state index is 0.154. The summed E-state index contributed by atoms with van der Waals surface area (Å²) in [5, 5.41) is 7.05. The first-order valence-corrected chi connectivity index (χ1v) is 5.65. The van der Waals surface area contributed by atoms with Gasteiger partial charge in [-0.2, -0.15) is 5.10 Å². The summed E-state index contributed by atoms with van der Waals surface area (Å²) in [6.45, 7) is 3.22. The minimum Gasteiger partial charge on any atom is -0.379 e. The van der Waals surface area contributed by atoms with Gasteiger partial charge in [-0.3, -0.25) is 9.48 Å². The van der Waals surface area contributed by atoms with Crippen molar-refractivity contribution in [3.63, 3.8) is 0 Å². The molecule has 0 saturated carbocycles. The maximum Gasteiger partial charge on any atom is 0.242 e. The van der Waals surface area contributed by atoms with E-state index >= 15 is 0 Å². The lowest BCUT2D eigenvalue weighted by atomic mass is 9.99. The van der Waals surface area contributed by atoms with Crippen molar-refractivity contribution in [3.05, 3.63) is 17.5 Å². The van der Waals surface area contributed by atoms with Gasteiger partial charge in [0.15, 0.2) is 0 Å². The van der Waals surface area contributed by atoms with Gasteiger partial charge >= 0.3 is 0 Å². The maximum absolute atomic E-state index is 11.9. The fourth-order valence-electron chi connectivity index (χ4n) is 1.93. The van der Waals surface area contributed by atoms with Gasteiger partial charge in [-0.05, 0) is 13.3 Å². The fourth-order valence-corrected chi connectivity index (χ4v) is 1.93. The van der Waals surface area contributed by atoms with Crippen molar-refractivity contribution >= 4 is 5.91 Å². The number of hydrogen-bond donors (Lipinski definition) is 2. The van der Waals surface area contributed by atoms with Gasteiger partial charge in [0.05, 0.1) is 12.3 Å². The SMILES string of the molecule is Cc1nn(C)cc1CNC(=O)C1(N)CCOC1. The van der Waals surface area contributed by atoms with E-state index in [9.17, 15) is 4.79 Å². The van der Waals surface area contributed by atoms with Crippen LogP contribution in [0.3, 0.4) is 0 Å². The Morgan fingerprint density at radius 1 is 1.76 bits per heavy atom. The summed E-state index contributed by atoms with van der Waals surface area (Å²) in [6.07, 6.45) is 2.47. The van der Waals surface area contributed by atoms with E-state index in [0.29, 0.717) is 26.2 Å². The van der Waals surface area contributed by atoms with Crippen LogP contribution in [0.15, 0.2) is 6.20 Å². The Morgan fingerprint density at radius 3 is 3.06 bits per heavy atom. The highest BCUT2D eigenvalue weighted by atomic mass is 16.5. The van der Waals surface area contributed by atoms with Crippen LogP contribution in [-0.2, 0) is 23.1 Å². The Kier molecular flexibility index (Phi) is 3.17. The molecule has 94 valence electrons. The largest absolute Gasteiger partial charge is 0.379 e. The van der Waals surface area contributed by atoms with Gasteiger partial charge in [0, 0.05) is 32.0 Å². The molecule has 6 heteroatoms. The Labute approximate surface area is 100 Å². The summed E-state index contributed by atoms with van der Waals surface area (Å²) < 4.78 is 6.89. The fraction of sp³-hybridized carbons (Fsp3) is 0.636. The molecular weight excluding hydrogens is 220 g/mol. The second kappa shape index (κ2) is 4.46. The van der Waals surface area contributed by atoms with Crippen LogP contribution in [0.4, 0.5) is 0 Å². The zero-order valence-electron chi connectivity index (χ0n) is 10.2. The van der Waals surface area contributed by atoms with E-state index in [2.05, 4.69) is 10.4 Å². The average Bonchev–Trinajstić information content (AvgIpc) is 2.83. The van der Waals surface area contributed by atoms with E-state index in [1.54, 1.807) is 4.68 Å². The Balaban J connectivity index is 1.94. The monoisotopic (exact) mass is 238 g/mol. The summed E-state index contributed by atoms with van der Waals surface area (Å²) in [6, 6.07) is 0. The van der Waals surface area contributed by atoms with Gasteiger partial charge in [0.1, 0.15) is 5.54 Å². The number of carbonyl (C=O) groups excluding carboxylic acids is 1. The third kappa shape index (κ3) is 2.48. The smallest absolute Gasteiger partial charge is 0.242 e. The van der Waals surface area contributed by atoms with Gasteiger partial charge in [0.2, 0.25) is 5.91 Å². The first-order valence-electron chi connectivity index (χ1n) is 5.65. The number of nitrogens with two attached hydrogens (primary N) is 1. The summed E-state index contributed by atoms with van der Waals surface area (Å²) in [5.41, 5.74) is 7.01. The summed E-state index contributed by atoms with van der Waals surface area (Å²) in [7, 11) is 1.85. The number of carbonyl (C=O) groups is 1. The highest BCUT2D eigenvalue weighted by molar-refractivity contribution is 5.86. The van der Waals surface area contributed by atoms with Crippen LogP contribution >= 0.6 is 0 Å². The van der Waals surface area contributed by atoms with Gasteiger partial charge in [0.25, 0.3) is 0 Å². The Bertz CT molecular complexity index is 421. The van der Waals surface area contributed by atoms with Gasteiger partial charge < -0.3 is 15.8 Å². The third-order valence-corrected chi connectivity index (χ3v) is 3.06. The molecule has 0 bridgehead atoms. The van der Waals surface area contributed by atoms with E-state index in [1.165, 1.54) is 0 Å². The first-order chi connectivity index (χ1) is 8.01. The number of aromatic nitrogens is 2. The molecule has 0 aromatic carbocycles. The molecule has 1 saturated heterocycles. The van der Waals surface area contributed by atoms with Crippen molar-refractivity contribution < 1.29 is 9.53 Å². The molecule has 3 N–H and O–H groups in total. The lowest BCUT2D eigenvalue weighted by Crippen LogP contribution is -2.54. The minimum atomic E-state index is -0.865. The summed E-state index contributed by atoms with van der Waals surface area (Å²) in [5.74, 6) is -0.154.